The normalized spacial score (nSPS) is 12.1. The average molecular weight is 258 g/mol. The zero-order valence-corrected chi connectivity index (χ0v) is 10.9. The molecule has 1 amide bonds. The van der Waals surface area contributed by atoms with Gasteiger partial charge < -0.3 is 11.1 Å². The van der Waals surface area contributed by atoms with Crippen LogP contribution in [0.25, 0.3) is 0 Å². The van der Waals surface area contributed by atoms with E-state index in [-0.39, 0.29) is 18.4 Å². The van der Waals surface area contributed by atoms with Gasteiger partial charge in [-0.15, -0.1) is 0 Å². The SMILES string of the molecule is CCc1cn[nH]c1NC(=O)CC(N)c1ccccc1. The van der Waals surface area contributed by atoms with E-state index in [0.29, 0.717) is 5.82 Å². The molecule has 100 valence electrons. The second kappa shape index (κ2) is 6.15. The molecule has 4 N–H and O–H groups in total. The Hall–Kier alpha value is -2.14. The first-order chi connectivity index (χ1) is 9.20. The molecule has 5 nitrogen and oxygen atoms in total. The molecule has 0 bridgehead atoms. The van der Waals surface area contributed by atoms with Crippen LogP contribution >= 0.6 is 0 Å². The monoisotopic (exact) mass is 258 g/mol. The van der Waals surface area contributed by atoms with E-state index in [1.807, 2.05) is 37.3 Å². The fourth-order valence-electron chi connectivity index (χ4n) is 1.90. The number of aryl methyl sites for hydroxylation is 1. The van der Waals surface area contributed by atoms with Crippen molar-refractivity contribution in [2.45, 2.75) is 25.8 Å². The van der Waals surface area contributed by atoms with Crippen LogP contribution in [0.5, 0.6) is 0 Å². The number of carbonyl (C=O) groups is 1. The van der Waals surface area contributed by atoms with E-state index in [1.54, 1.807) is 6.20 Å². The molecule has 1 heterocycles. The maximum Gasteiger partial charge on any atom is 0.227 e. The number of rotatable bonds is 5. The lowest BCUT2D eigenvalue weighted by Gasteiger charge is -2.11. The standard InChI is InChI=1S/C14H18N4O/c1-2-10-9-16-18-14(10)17-13(19)8-12(15)11-6-4-3-5-7-11/h3-7,9,12H,2,8,15H2,1H3,(H2,16,17,18,19). The Bertz CT molecular complexity index is 535. The first-order valence-electron chi connectivity index (χ1n) is 6.33. The van der Waals surface area contributed by atoms with Crippen molar-refractivity contribution >= 4 is 11.7 Å². The predicted octanol–water partition coefficient (Wildman–Crippen LogP) is 2.00. The lowest BCUT2D eigenvalue weighted by atomic mass is 10.0. The molecule has 0 radical (unpaired) electrons. The van der Waals surface area contributed by atoms with E-state index in [1.165, 1.54) is 0 Å². The fourth-order valence-corrected chi connectivity index (χ4v) is 1.90. The third-order valence-corrected chi connectivity index (χ3v) is 3.00. The molecule has 1 aromatic carbocycles. The smallest absolute Gasteiger partial charge is 0.227 e. The van der Waals surface area contributed by atoms with Crippen LogP contribution in [-0.4, -0.2) is 16.1 Å². The van der Waals surface area contributed by atoms with Gasteiger partial charge in [-0.05, 0) is 12.0 Å². The molecular formula is C14H18N4O. The molecule has 0 fully saturated rings. The van der Waals surface area contributed by atoms with Gasteiger partial charge in [0.1, 0.15) is 5.82 Å². The number of nitrogens with one attached hydrogen (secondary N) is 2. The highest BCUT2D eigenvalue weighted by Gasteiger charge is 2.13. The molecule has 0 aliphatic rings. The van der Waals surface area contributed by atoms with Gasteiger partial charge in [0.25, 0.3) is 0 Å². The summed E-state index contributed by atoms with van der Waals surface area (Å²) in [5.74, 6) is 0.545. The Kier molecular flexibility index (Phi) is 4.30. The molecule has 0 saturated heterocycles. The van der Waals surface area contributed by atoms with Gasteiger partial charge in [0.2, 0.25) is 5.91 Å². The van der Waals surface area contributed by atoms with E-state index in [9.17, 15) is 4.79 Å². The molecule has 19 heavy (non-hydrogen) atoms. The van der Waals surface area contributed by atoms with Gasteiger partial charge in [-0.3, -0.25) is 9.89 Å². The summed E-state index contributed by atoms with van der Waals surface area (Å²) in [7, 11) is 0. The fraction of sp³-hybridized carbons (Fsp3) is 0.286. The van der Waals surface area contributed by atoms with Crippen LogP contribution in [0, 0.1) is 0 Å². The number of carbonyl (C=O) groups excluding carboxylic acids is 1. The first-order valence-corrected chi connectivity index (χ1v) is 6.33. The third kappa shape index (κ3) is 3.42. The highest BCUT2D eigenvalue weighted by Crippen LogP contribution is 2.16. The van der Waals surface area contributed by atoms with Gasteiger partial charge in [0.15, 0.2) is 0 Å². The van der Waals surface area contributed by atoms with Gasteiger partial charge in [0, 0.05) is 18.0 Å². The molecule has 0 spiro atoms. The van der Waals surface area contributed by atoms with Crippen LogP contribution in [0.2, 0.25) is 0 Å². The van der Waals surface area contributed by atoms with Crippen molar-refractivity contribution in [2.24, 2.45) is 5.73 Å². The van der Waals surface area contributed by atoms with Gasteiger partial charge in [0.05, 0.1) is 6.20 Å². The summed E-state index contributed by atoms with van der Waals surface area (Å²) in [5, 5.41) is 9.50. The highest BCUT2D eigenvalue weighted by molar-refractivity contribution is 5.90. The maximum atomic E-state index is 11.9. The minimum absolute atomic E-state index is 0.115. The number of aromatic nitrogens is 2. The van der Waals surface area contributed by atoms with E-state index in [4.69, 9.17) is 5.73 Å². The van der Waals surface area contributed by atoms with Crippen LogP contribution < -0.4 is 11.1 Å². The predicted molar refractivity (Wildman–Crippen MR) is 74.6 cm³/mol. The minimum atomic E-state index is -0.297. The lowest BCUT2D eigenvalue weighted by molar-refractivity contribution is -0.116. The van der Waals surface area contributed by atoms with Crippen molar-refractivity contribution in [3.63, 3.8) is 0 Å². The summed E-state index contributed by atoms with van der Waals surface area (Å²) >= 11 is 0. The molecule has 0 aliphatic heterocycles. The Morgan fingerprint density at radius 1 is 1.42 bits per heavy atom. The van der Waals surface area contributed by atoms with Crippen molar-refractivity contribution in [3.05, 3.63) is 47.7 Å². The molecule has 1 unspecified atom stereocenters. The summed E-state index contributed by atoms with van der Waals surface area (Å²) in [4.78, 5) is 11.9. The quantitative estimate of drug-likeness (QED) is 0.767. The molecule has 0 saturated carbocycles. The second-order valence-corrected chi connectivity index (χ2v) is 4.39. The zero-order chi connectivity index (χ0) is 13.7. The summed E-state index contributed by atoms with van der Waals surface area (Å²) in [6.45, 7) is 2.01. The number of hydrogen-bond acceptors (Lipinski definition) is 3. The Morgan fingerprint density at radius 2 is 2.16 bits per heavy atom. The van der Waals surface area contributed by atoms with Crippen molar-refractivity contribution in [2.75, 3.05) is 5.32 Å². The van der Waals surface area contributed by atoms with Crippen molar-refractivity contribution in [1.29, 1.82) is 0 Å². The number of amides is 1. The number of anilines is 1. The zero-order valence-electron chi connectivity index (χ0n) is 10.9. The van der Waals surface area contributed by atoms with Crippen LogP contribution in [0.1, 0.15) is 30.5 Å². The molecule has 1 atom stereocenters. The molecule has 0 aliphatic carbocycles. The summed E-state index contributed by atoms with van der Waals surface area (Å²) in [6.07, 6.45) is 2.77. The minimum Gasteiger partial charge on any atom is -0.324 e. The summed E-state index contributed by atoms with van der Waals surface area (Å²) in [6, 6.07) is 9.30. The highest BCUT2D eigenvalue weighted by atomic mass is 16.1. The van der Waals surface area contributed by atoms with Crippen LogP contribution in [0.15, 0.2) is 36.5 Å². The van der Waals surface area contributed by atoms with E-state index < -0.39 is 0 Å². The van der Waals surface area contributed by atoms with Crippen LogP contribution in [0.4, 0.5) is 5.82 Å². The van der Waals surface area contributed by atoms with Crippen LogP contribution in [-0.2, 0) is 11.2 Å². The molecule has 5 heteroatoms. The maximum absolute atomic E-state index is 11.9. The Balaban J connectivity index is 1.95. The summed E-state index contributed by atoms with van der Waals surface area (Å²) < 4.78 is 0. The number of aromatic amines is 1. The van der Waals surface area contributed by atoms with E-state index in [2.05, 4.69) is 15.5 Å². The molecule has 2 aromatic rings. The second-order valence-electron chi connectivity index (χ2n) is 4.39. The Morgan fingerprint density at radius 3 is 2.84 bits per heavy atom. The van der Waals surface area contributed by atoms with Gasteiger partial charge in [-0.2, -0.15) is 5.10 Å². The van der Waals surface area contributed by atoms with Crippen molar-refractivity contribution in [3.8, 4) is 0 Å². The number of benzene rings is 1. The Labute approximate surface area is 112 Å². The number of H-pyrrole nitrogens is 1. The van der Waals surface area contributed by atoms with E-state index in [0.717, 1.165) is 17.5 Å². The number of hydrogen-bond donors (Lipinski definition) is 3. The first kappa shape index (κ1) is 13.3. The van der Waals surface area contributed by atoms with E-state index >= 15 is 0 Å². The van der Waals surface area contributed by atoms with Crippen molar-refractivity contribution < 1.29 is 4.79 Å². The lowest BCUT2D eigenvalue weighted by Crippen LogP contribution is -2.21. The number of nitrogens with two attached hydrogens (primary N) is 1. The molecular weight excluding hydrogens is 240 g/mol. The van der Waals surface area contributed by atoms with Gasteiger partial charge in [-0.1, -0.05) is 37.3 Å². The number of nitrogens with zero attached hydrogens (tertiary/aromatic N) is 1. The largest absolute Gasteiger partial charge is 0.324 e. The third-order valence-electron chi connectivity index (χ3n) is 3.00. The van der Waals surface area contributed by atoms with Crippen LogP contribution in [0.3, 0.4) is 0 Å². The molecule has 1 aromatic heterocycles. The van der Waals surface area contributed by atoms with Crippen molar-refractivity contribution in [1.82, 2.24) is 10.2 Å². The topological polar surface area (TPSA) is 83.8 Å². The average Bonchev–Trinajstić information content (AvgIpc) is 2.86. The molecule has 2 rings (SSSR count). The van der Waals surface area contributed by atoms with Gasteiger partial charge >= 0.3 is 0 Å². The summed E-state index contributed by atoms with van der Waals surface area (Å²) in [5.41, 5.74) is 7.95. The van der Waals surface area contributed by atoms with Gasteiger partial charge in [-0.25, -0.2) is 0 Å².